The van der Waals surface area contributed by atoms with Gasteiger partial charge in [0.05, 0.1) is 5.56 Å². The average Bonchev–Trinajstić information content (AvgIpc) is 2.38. The van der Waals surface area contributed by atoms with Crippen LogP contribution in [-0.4, -0.2) is 5.91 Å². The number of hydrogen-bond donors (Lipinski definition) is 1. The van der Waals surface area contributed by atoms with Crippen molar-refractivity contribution >= 4 is 21.8 Å². The quantitative estimate of drug-likeness (QED) is 0.938. The molecule has 2 aromatic rings. The molecule has 3 nitrogen and oxygen atoms in total. The van der Waals surface area contributed by atoms with Crippen LogP contribution in [0.3, 0.4) is 0 Å². The Morgan fingerprint density at radius 3 is 2.68 bits per heavy atom. The van der Waals surface area contributed by atoms with Crippen LogP contribution in [0.25, 0.3) is 0 Å². The molecule has 1 amide bonds. The van der Waals surface area contributed by atoms with Crippen molar-refractivity contribution in [2.75, 3.05) is 0 Å². The van der Waals surface area contributed by atoms with Gasteiger partial charge < -0.3 is 10.5 Å². The smallest absolute Gasteiger partial charge is 0.252 e. The highest BCUT2D eigenvalue weighted by atomic mass is 79.9. The van der Waals surface area contributed by atoms with Gasteiger partial charge in [0.25, 0.3) is 5.91 Å². The van der Waals surface area contributed by atoms with Gasteiger partial charge in [-0.05, 0) is 24.3 Å². The summed E-state index contributed by atoms with van der Waals surface area (Å²) >= 11 is 3.25. The minimum absolute atomic E-state index is 0.0363. The van der Waals surface area contributed by atoms with Gasteiger partial charge in [0, 0.05) is 10.0 Å². The maximum atomic E-state index is 13.4. The van der Waals surface area contributed by atoms with Gasteiger partial charge in [0.15, 0.2) is 0 Å². The highest BCUT2D eigenvalue weighted by molar-refractivity contribution is 9.10. The Morgan fingerprint density at radius 1 is 1.26 bits per heavy atom. The second kappa shape index (κ2) is 5.84. The maximum Gasteiger partial charge on any atom is 0.252 e. The fourth-order valence-electron chi connectivity index (χ4n) is 1.59. The molecule has 0 atom stereocenters. The Labute approximate surface area is 118 Å². The summed E-state index contributed by atoms with van der Waals surface area (Å²) < 4.78 is 19.6. The molecule has 0 unspecified atom stereocenters. The van der Waals surface area contributed by atoms with E-state index in [0.29, 0.717) is 11.3 Å². The van der Waals surface area contributed by atoms with Crippen molar-refractivity contribution in [1.29, 1.82) is 0 Å². The van der Waals surface area contributed by atoms with Crippen molar-refractivity contribution in [1.82, 2.24) is 0 Å². The number of primary amides is 1. The van der Waals surface area contributed by atoms with Gasteiger partial charge in [-0.2, -0.15) is 0 Å². The molecule has 0 bridgehead atoms. The summed E-state index contributed by atoms with van der Waals surface area (Å²) in [7, 11) is 0. The molecule has 2 aromatic carbocycles. The average molecular weight is 324 g/mol. The minimum atomic E-state index is -0.593. The molecule has 0 spiro atoms. The van der Waals surface area contributed by atoms with Crippen LogP contribution < -0.4 is 10.5 Å². The molecule has 2 N–H and O–H groups in total. The molecule has 0 aromatic heterocycles. The van der Waals surface area contributed by atoms with Gasteiger partial charge in [0.2, 0.25) is 0 Å². The van der Waals surface area contributed by atoms with Gasteiger partial charge in [-0.3, -0.25) is 4.79 Å². The number of hydrogen-bond acceptors (Lipinski definition) is 2. The molecule has 98 valence electrons. The van der Waals surface area contributed by atoms with Crippen LogP contribution in [0.2, 0.25) is 0 Å². The number of carbonyl (C=O) groups is 1. The van der Waals surface area contributed by atoms with Crippen molar-refractivity contribution in [2.24, 2.45) is 5.73 Å². The van der Waals surface area contributed by atoms with Gasteiger partial charge in [-0.25, -0.2) is 4.39 Å². The van der Waals surface area contributed by atoms with Gasteiger partial charge in [0.1, 0.15) is 18.2 Å². The van der Waals surface area contributed by atoms with Crippen LogP contribution >= 0.6 is 15.9 Å². The summed E-state index contributed by atoms with van der Waals surface area (Å²) in [4.78, 5) is 11.3. The summed E-state index contributed by atoms with van der Waals surface area (Å²) in [6.07, 6.45) is 0. The number of halogens is 2. The van der Waals surface area contributed by atoms with Crippen LogP contribution in [0, 0.1) is 5.82 Å². The minimum Gasteiger partial charge on any atom is -0.488 e. The third kappa shape index (κ3) is 3.32. The van der Waals surface area contributed by atoms with E-state index in [2.05, 4.69) is 15.9 Å². The van der Waals surface area contributed by atoms with E-state index in [1.807, 2.05) is 0 Å². The molecule has 19 heavy (non-hydrogen) atoms. The molecular formula is C14H11BrFNO2. The van der Waals surface area contributed by atoms with Gasteiger partial charge >= 0.3 is 0 Å². The predicted molar refractivity (Wildman–Crippen MR) is 73.4 cm³/mol. The monoisotopic (exact) mass is 323 g/mol. The summed E-state index contributed by atoms with van der Waals surface area (Å²) in [5.74, 6) is -0.607. The van der Waals surface area contributed by atoms with Crippen LogP contribution in [0.5, 0.6) is 5.75 Å². The molecule has 0 radical (unpaired) electrons. The van der Waals surface area contributed by atoms with E-state index >= 15 is 0 Å². The number of benzene rings is 2. The first-order valence-electron chi connectivity index (χ1n) is 5.53. The lowest BCUT2D eigenvalue weighted by Gasteiger charge is -2.10. The third-order valence-electron chi connectivity index (χ3n) is 2.55. The number of ether oxygens (including phenoxy) is 1. The number of nitrogens with two attached hydrogens (primary N) is 1. The molecule has 2 rings (SSSR count). The first-order chi connectivity index (χ1) is 9.08. The maximum absolute atomic E-state index is 13.4. The van der Waals surface area contributed by atoms with Crippen molar-refractivity contribution < 1.29 is 13.9 Å². The molecule has 0 saturated heterocycles. The van der Waals surface area contributed by atoms with E-state index < -0.39 is 5.91 Å². The van der Waals surface area contributed by atoms with Crippen molar-refractivity contribution in [3.05, 3.63) is 63.9 Å². The lowest BCUT2D eigenvalue weighted by Crippen LogP contribution is -2.13. The van der Waals surface area contributed by atoms with E-state index in [9.17, 15) is 9.18 Å². The topological polar surface area (TPSA) is 52.3 Å². The second-order valence-corrected chi connectivity index (χ2v) is 4.80. The van der Waals surface area contributed by atoms with Crippen LogP contribution in [0.1, 0.15) is 15.9 Å². The summed E-state index contributed by atoms with van der Waals surface area (Å²) in [5.41, 5.74) is 5.94. The zero-order chi connectivity index (χ0) is 13.8. The highest BCUT2D eigenvalue weighted by Gasteiger charge is 2.11. The van der Waals surface area contributed by atoms with E-state index in [4.69, 9.17) is 10.5 Å². The molecular weight excluding hydrogens is 313 g/mol. The lowest BCUT2D eigenvalue weighted by molar-refractivity contribution is 0.0996. The molecule has 0 heterocycles. The Hall–Kier alpha value is -1.88. The van der Waals surface area contributed by atoms with E-state index in [1.54, 1.807) is 36.4 Å². The van der Waals surface area contributed by atoms with Gasteiger partial charge in [-0.15, -0.1) is 0 Å². The lowest BCUT2D eigenvalue weighted by atomic mass is 10.2. The van der Waals surface area contributed by atoms with Crippen LogP contribution in [-0.2, 0) is 6.61 Å². The molecule has 0 aliphatic heterocycles. The zero-order valence-corrected chi connectivity index (χ0v) is 11.5. The molecule has 0 saturated carbocycles. The van der Waals surface area contributed by atoms with Crippen LogP contribution in [0.15, 0.2) is 46.9 Å². The fraction of sp³-hybridized carbons (Fsp3) is 0.0714. The van der Waals surface area contributed by atoms with Gasteiger partial charge in [-0.1, -0.05) is 34.1 Å². The van der Waals surface area contributed by atoms with Crippen molar-refractivity contribution in [3.63, 3.8) is 0 Å². The Balaban J connectivity index is 2.20. The zero-order valence-electron chi connectivity index (χ0n) is 9.90. The normalized spacial score (nSPS) is 10.2. The second-order valence-electron chi connectivity index (χ2n) is 3.88. The third-order valence-corrected chi connectivity index (χ3v) is 3.04. The van der Waals surface area contributed by atoms with Crippen molar-refractivity contribution in [3.8, 4) is 5.75 Å². The van der Waals surface area contributed by atoms with Crippen molar-refractivity contribution in [2.45, 2.75) is 6.61 Å². The first kappa shape index (κ1) is 13.5. The summed E-state index contributed by atoms with van der Waals surface area (Å²) in [6, 6.07) is 11.2. The van der Waals surface area contributed by atoms with E-state index in [-0.39, 0.29) is 18.0 Å². The SMILES string of the molecule is NC(=O)c1cc(Br)ccc1OCc1ccccc1F. The molecule has 0 fully saturated rings. The standard InChI is InChI=1S/C14H11BrFNO2/c15-10-5-6-13(11(7-10)14(17)18)19-8-9-3-1-2-4-12(9)16/h1-7H,8H2,(H2,17,18). The Kier molecular flexibility index (Phi) is 4.16. The Bertz CT molecular complexity index is 616. The first-order valence-corrected chi connectivity index (χ1v) is 6.33. The number of rotatable bonds is 4. The van der Waals surface area contributed by atoms with E-state index in [0.717, 1.165) is 4.47 Å². The predicted octanol–water partition coefficient (Wildman–Crippen LogP) is 3.27. The molecule has 0 aliphatic carbocycles. The highest BCUT2D eigenvalue weighted by Crippen LogP contribution is 2.24. The molecule has 0 aliphatic rings. The molecule has 5 heteroatoms. The van der Waals surface area contributed by atoms with E-state index in [1.165, 1.54) is 6.07 Å². The van der Waals surface area contributed by atoms with Crippen LogP contribution in [0.4, 0.5) is 4.39 Å². The largest absolute Gasteiger partial charge is 0.488 e. The fourth-order valence-corrected chi connectivity index (χ4v) is 1.95. The summed E-state index contributed by atoms with van der Waals surface area (Å²) in [5, 5.41) is 0. The summed E-state index contributed by atoms with van der Waals surface area (Å²) in [6.45, 7) is 0.0363. The number of amides is 1. The Morgan fingerprint density at radius 2 is 2.00 bits per heavy atom. The number of carbonyl (C=O) groups excluding carboxylic acids is 1.